The molecule has 4 heteroatoms. The van der Waals surface area contributed by atoms with Crippen molar-refractivity contribution in [2.75, 3.05) is 6.54 Å². The van der Waals surface area contributed by atoms with Gasteiger partial charge in [-0.2, -0.15) is 0 Å². The molecule has 18 heavy (non-hydrogen) atoms. The summed E-state index contributed by atoms with van der Waals surface area (Å²) < 4.78 is 0. The smallest absolute Gasteiger partial charge is 0.227 e. The molecule has 3 nitrogen and oxygen atoms in total. The monoisotopic (exact) mass is 266 g/mol. The van der Waals surface area contributed by atoms with E-state index in [0.717, 1.165) is 19.3 Å². The highest BCUT2D eigenvalue weighted by molar-refractivity contribution is 7.10. The minimum absolute atomic E-state index is 0.0411. The Morgan fingerprint density at radius 2 is 2.39 bits per heavy atom. The maximum atomic E-state index is 12.2. The normalized spacial score (nSPS) is 20.6. The fraction of sp³-hybridized carbons (Fsp3) is 0.643. The van der Waals surface area contributed by atoms with Gasteiger partial charge in [-0.3, -0.25) is 4.79 Å². The van der Waals surface area contributed by atoms with Crippen LogP contribution in [0.2, 0.25) is 0 Å². The van der Waals surface area contributed by atoms with Crippen LogP contribution in [0.1, 0.15) is 43.0 Å². The number of hydrogen-bond acceptors (Lipinski definition) is 3. The van der Waals surface area contributed by atoms with E-state index < -0.39 is 0 Å². The Balaban J connectivity index is 1.95. The van der Waals surface area contributed by atoms with Crippen molar-refractivity contribution in [1.29, 1.82) is 0 Å². The minimum Gasteiger partial charge on any atom is -0.354 e. The highest BCUT2D eigenvalue weighted by Gasteiger charge is 2.27. The first kappa shape index (κ1) is 13.6. The van der Waals surface area contributed by atoms with Crippen LogP contribution >= 0.6 is 11.3 Å². The highest BCUT2D eigenvalue weighted by Crippen LogP contribution is 2.34. The van der Waals surface area contributed by atoms with Crippen LogP contribution in [0.4, 0.5) is 0 Å². The Bertz CT molecular complexity index is 414. The van der Waals surface area contributed by atoms with Gasteiger partial charge in [-0.05, 0) is 42.2 Å². The molecule has 3 N–H and O–H groups in total. The van der Waals surface area contributed by atoms with Crippen molar-refractivity contribution in [3.63, 3.8) is 0 Å². The van der Waals surface area contributed by atoms with Crippen molar-refractivity contribution in [3.05, 3.63) is 21.9 Å². The van der Waals surface area contributed by atoms with E-state index in [4.69, 9.17) is 5.73 Å². The second-order valence-electron chi connectivity index (χ2n) is 5.40. The Morgan fingerprint density at radius 3 is 3.11 bits per heavy atom. The van der Waals surface area contributed by atoms with Crippen molar-refractivity contribution < 1.29 is 4.79 Å². The quantitative estimate of drug-likeness (QED) is 0.878. The second kappa shape index (κ2) is 5.85. The number of carbonyl (C=O) groups excluding carboxylic acids is 1. The third-order valence-electron chi connectivity index (χ3n) is 3.74. The van der Waals surface area contributed by atoms with Crippen molar-refractivity contribution >= 4 is 17.2 Å². The lowest BCUT2D eigenvalue weighted by molar-refractivity contribution is -0.122. The Morgan fingerprint density at radius 1 is 1.61 bits per heavy atom. The topological polar surface area (TPSA) is 55.1 Å². The van der Waals surface area contributed by atoms with E-state index in [2.05, 4.69) is 30.6 Å². The maximum absolute atomic E-state index is 12.2. The zero-order valence-corrected chi connectivity index (χ0v) is 11.9. The molecule has 0 radical (unpaired) electrons. The van der Waals surface area contributed by atoms with Crippen LogP contribution < -0.4 is 11.1 Å². The molecule has 0 aliphatic heterocycles. The van der Waals surface area contributed by atoms with E-state index in [1.165, 1.54) is 10.4 Å². The fourth-order valence-corrected chi connectivity index (χ4v) is 3.32. The molecule has 0 fully saturated rings. The van der Waals surface area contributed by atoms with Crippen LogP contribution in [0, 0.1) is 5.92 Å². The Kier molecular flexibility index (Phi) is 4.40. The maximum Gasteiger partial charge on any atom is 0.227 e. The van der Waals surface area contributed by atoms with Crippen LogP contribution in [0.5, 0.6) is 0 Å². The van der Waals surface area contributed by atoms with Gasteiger partial charge in [0.25, 0.3) is 0 Å². The van der Waals surface area contributed by atoms with E-state index in [0.29, 0.717) is 12.5 Å². The van der Waals surface area contributed by atoms with Crippen LogP contribution in [0.15, 0.2) is 11.4 Å². The third-order valence-corrected chi connectivity index (χ3v) is 4.73. The van der Waals surface area contributed by atoms with Crippen LogP contribution in [0.3, 0.4) is 0 Å². The molecule has 1 aliphatic rings. The molecule has 2 atom stereocenters. The van der Waals surface area contributed by atoms with Crippen molar-refractivity contribution in [2.45, 2.75) is 45.1 Å². The zero-order valence-electron chi connectivity index (χ0n) is 11.1. The molecule has 0 aromatic carbocycles. The Hall–Kier alpha value is -0.870. The fourth-order valence-electron chi connectivity index (χ4n) is 2.34. The number of fused-ring (bicyclic) bond motifs is 1. The molecule has 1 heterocycles. The predicted molar refractivity (Wildman–Crippen MR) is 75.8 cm³/mol. The predicted octanol–water partition coefficient (Wildman–Crippen LogP) is 2.27. The standard InChI is InChI=1S/C14H22N2OS/c1-9(2)12(15)8-16-14(17)11-4-3-5-13-10(11)6-7-18-13/h6-7,9,11-12H,3-5,8,15H2,1-2H3,(H,16,17). The summed E-state index contributed by atoms with van der Waals surface area (Å²) in [6.45, 7) is 4.73. The van der Waals surface area contributed by atoms with Gasteiger partial charge in [-0.1, -0.05) is 13.8 Å². The first-order valence-electron chi connectivity index (χ1n) is 6.69. The SMILES string of the molecule is CC(C)C(N)CNC(=O)C1CCCc2sccc21. The number of carbonyl (C=O) groups is 1. The minimum atomic E-state index is 0.0411. The van der Waals surface area contributed by atoms with Gasteiger partial charge in [0.1, 0.15) is 0 Å². The van der Waals surface area contributed by atoms with Gasteiger partial charge in [0.15, 0.2) is 0 Å². The van der Waals surface area contributed by atoms with Gasteiger partial charge in [0.05, 0.1) is 5.92 Å². The summed E-state index contributed by atoms with van der Waals surface area (Å²) in [4.78, 5) is 13.6. The van der Waals surface area contributed by atoms with Crippen molar-refractivity contribution in [3.8, 4) is 0 Å². The van der Waals surface area contributed by atoms with Crippen molar-refractivity contribution in [1.82, 2.24) is 5.32 Å². The molecular formula is C14H22N2OS. The molecule has 1 aliphatic carbocycles. The van der Waals surface area contributed by atoms with Gasteiger partial charge in [-0.25, -0.2) is 0 Å². The zero-order chi connectivity index (χ0) is 13.1. The lowest BCUT2D eigenvalue weighted by atomic mass is 9.87. The van der Waals surface area contributed by atoms with E-state index in [-0.39, 0.29) is 17.9 Å². The highest BCUT2D eigenvalue weighted by atomic mass is 32.1. The summed E-state index contributed by atoms with van der Waals surface area (Å²) in [6.07, 6.45) is 3.20. The van der Waals surface area contributed by atoms with Gasteiger partial charge in [-0.15, -0.1) is 11.3 Å². The van der Waals surface area contributed by atoms with Crippen molar-refractivity contribution in [2.24, 2.45) is 11.7 Å². The van der Waals surface area contributed by atoms with Crippen LogP contribution in [-0.2, 0) is 11.2 Å². The van der Waals surface area contributed by atoms with E-state index in [1.54, 1.807) is 11.3 Å². The van der Waals surface area contributed by atoms with Crippen LogP contribution in [0.25, 0.3) is 0 Å². The largest absolute Gasteiger partial charge is 0.354 e. The number of thiophene rings is 1. The van der Waals surface area contributed by atoms with E-state index in [1.807, 2.05) is 0 Å². The molecule has 0 saturated heterocycles. The van der Waals surface area contributed by atoms with E-state index in [9.17, 15) is 4.79 Å². The molecule has 1 aromatic rings. The summed E-state index contributed by atoms with van der Waals surface area (Å²) in [6, 6.07) is 2.14. The van der Waals surface area contributed by atoms with E-state index >= 15 is 0 Å². The first-order valence-corrected chi connectivity index (χ1v) is 7.57. The molecule has 2 rings (SSSR count). The number of rotatable bonds is 4. The molecule has 0 spiro atoms. The molecule has 1 amide bonds. The van der Waals surface area contributed by atoms with Gasteiger partial charge in [0.2, 0.25) is 5.91 Å². The summed E-state index contributed by atoms with van der Waals surface area (Å²) in [5, 5.41) is 5.10. The average molecular weight is 266 g/mol. The molecular weight excluding hydrogens is 244 g/mol. The van der Waals surface area contributed by atoms with Gasteiger partial charge < -0.3 is 11.1 Å². The molecule has 2 unspecified atom stereocenters. The third kappa shape index (κ3) is 2.93. The van der Waals surface area contributed by atoms with Gasteiger partial charge >= 0.3 is 0 Å². The number of amides is 1. The number of hydrogen-bond donors (Lipinski definition) is 2. The first-order chi connectivity index (χ1) is 8.59. The summed E-state index contributed by atoms with van der Waals surface area (Å²) in [5.41, 5.74) is 7.19. The lowest BCUT2D eigenvalue weighted by Crippen LogP contribution is -2.42. The summed E-state index contributed by atoms with van der Waals surface area (Å²) >= 11 is 1.77. The summed E-state index contributed by atoms with van der Waals surface area (Å²) in [7, 11) is 0. The van der Waals surface area contributed by atoms with Gasteiger partial charge in [0, 0.05) is 17.5 Å². The second-order valence-corrected chi connectivity index (χ2v) is 6.40. The lowest BCUT2D eigenvalue weighted by Gasteiger charge is -2.23. The molecule has 0 saturated carbocycles. The number of nitrogens with one attached hydrogen (secondary N) is 1. The summed E-state index contributed by atoms with van der Waals surface area (Å²) in [5.74, 6) is 0.582. The molecule has 0 bridgehead atoms. The van der Waals surface area contributed by atoms with Crippen LogP contribution in [-0.4, -0.2) is 18.5 Å². The molecule has 100 valence electrons. The Labute approximate surface area is 113 Å². The number of nitrogens with two attached hydrogens (primary N) is 1. The number of aryl methyl sites for hydroxylation is 1. The molecule has 1 aromatic heterocycles. The average Bonchev–Trinajstić information content (AvgIpc) is 2.83.